The Kier molecular flexibility index (Phi) is 5.18. The Bertz CT molecular complexity index is 458. The average molecular weight is 275 g/mol. The summed E-state index contributed by atoms with van der Waals surface area (Å²) in [6, 6.07) is 8.40. The maximum Gasteiger partial charge on any atom is 0.307 e. The molecule has 3 nitrogen and oxygen atoms in total. The molecule has 3 atom stereocenters. The van der Waals surface area contributed by atoms with E-state index in [1.807, 2.05) is 24.3 Å². The van der Waals surface area contributed by atoms with Crippen LogP contribution in [-0.2, 0) is 17.8 Å². The molecular weight excluding hydrogens is 250 g/mol. The Morgan fingerprint density at radius 2 is 1.90 bits per heavy atom. The van der Waals surface area contributed by atoms with Gasteiger partial charge in [0.15, 0.2) is 0 Å². The van der Waals surface area contributed by atoms with Crippen molar-refractivity contribution >= 4 is 5.97 Å². The van der Waals surface area contributed by atoms with E-state index in [0.717, 1.165) is 29.5 Å². The molecule has 3 heteroatoms. The molecule has 1 saturated carbocycles. The van der Waals surface area contributed by atoms with Gasteiger partial charge in [0.25, 0.3) is 0 Å². The van der Waals surface area contributed by atoms with Gasteiger partial charge in [-0.05, 0) is 42.2 Å². The molecule has 110 valence electrons. The maximum atomic E-state index is 10.9. The van der Waals surface area contributed by atoms with Crippen LogP contribution >= 0.6 is 0 Å². The number of aliphatic carboxylic acids is 1. The van der Waals surface area contributed by atoms with Gasteiger partial charge in [-0.3, -0.25) is 4.79 Å². The van der Waals surface area contributed by atoms with Gasteiger partial charge in [0.1, 0.15) is 0 Å². The molecule has 3 unspecified atom stereocenters. The zero-order valence-electron chi connectivity index (χ0n) is 12.4. The molecule has 0 bridgehead atoms. The van der Waals surface area contributed by atoms with E-state index in [1.165, 1.54) is 19.3 Å². The molecule has 0 spiro atoms. The highest BCUT2D eigenvalue weighted by atomic mass is 16.4. The highest BCUT2D eigenvalue weighted by Gasteiger charge is 2.24. The van der Waals surface area contributed by atoms with E-state index in [-0.39, 0.29) is 6.42 Å². The first-order chi connectivity index (χ1) is 9.56. The molecule has 0 radical (unpaired) electrons. The molecule has 1 aromatic rings. The summed E-state index contributed by atoms with van der Waals surface area (Å²) in [6.07, 6.45) is 3.85. The highest BCUT2D eigenvalue weighted by Crippen LogP contribution is 2.29. The van der Waals surface area contributed by atoms with E-state index in [2.05, 4.69) is 19.2 Å². The number of carbonyl (C=O) groups is 1. The van der Waals surface area contributed by atoms with Gasteiger partial charge in [-0.1, -0.05) is 38.1 Å². The first-order valence-corrected chi connectivity index (χ1v) is 7.58. The molecular formula is C17H25NO2. The second kappa shape index (κ2) is 6.89. The average Bonchev–Trinajstić information content (AvgIpc) is 2.41. The van der Waals surface area contributed by atoms with Crippen molar-refractivity contribution in [2.75, 3.05) is 0 Å². The zero-order chi connectivity index (χ0) is 14.5. The Hall–Kier alpha value is -1.35. The Labute approximate surface area is 121 Å². The lowest BCUT2D eigenvalue weighted by molar-refractivity contribution is -0.136. The van der Waals surface area contributed by atoms with Crippen LogP contribution in [0.1, 0.15) is 44.2 Å². The predicted octanol–water partition coefficient (Wildman–Crippen LogP) is 3.23. The zero-order valence-corrected chi connectivity index (χ0v) is 12.4. The summed E-state index contributed by atoms with van der Waals surface area (Å²) in [4.78, 5) is 10.9. The second-order valence-corrected chi connectivity index (χ2v) is 6.18. The van der Waals surface area contributed by atoms with E-state index in [0.29, 0.717) is 6.04 Å². The van der Waals surface area contributed by atoms with Gasteiger partial charge in [0.05, 0.1) is 6.42 Å². The van der Waals surface area contributed by atoms with Gasteiger partial charge in [-0.15, -0.1) is 0 Å². The van der Waals surface area contributed by atoms with E-state index >= 15 is 0 Å². The van der Waals surface area contributed by atoms with Gasteiger partial charge in [-0.25, -0.2) is 0 Å². The van der Waals surface area contributed by atoms with Crippen molar-refractivity contribution in [2.24, 2.45) is 11.8 Å². The highest BCUT2D eigenvalue weighted by molar-refractivity contribution is 5.70. The lowest BCUT2D eigenvalue weighted by atomic mass is 9.79. The van der Waals surface area contributed by atoms with Gasteiger partial charge < -0.3 is 10.4 Å². The Morgan fingerprint density at radius 1 is 1.20 bits per heavy atom. The fourth-order valence-electron chi connectivity index (χ4n) is 3.05. The van der Waals surface area contributed by atoms with Crippen LogP contribution in [0.15, 0.2) is 24.3 Å². The number of nitrogens with one attached hydrogen (secondary N) is 1. The number of hydrogen-bond acceptors (Lipinski definition) is 2. The van der Waals surface area contributed by atoms with E-state index in [4.69, 9.17) is 5.11 Å². The number of carboxylic acids is 1. The van der Waals surface area contributed by atoms with Gasteiger partial charge in [-0.2, -0.15) is 0 Å². The molecule has 0 aliphatic heterocycles. The van der Waals surface area contributed by atoms with Crippen LogP contribution in [0.3, 0.4) is 0 Å². The largest absolute Gasteiger partial charge is 0.481 e. The fraction of sp³-hybridized carbons (Fsp3) is 0.588. The molecule has 0 heterocycles. The van der Waals surface area contributed by atoms with E-state index < -0.39 is 5.97 Å². The number of benzene rings is 1. The SMILES string of the molecule is CC1CCC(NCc2ccccc2CC(=O)O)CC1C. The van der Waals surface area contributed by atoms with Gasteiger partial charge in [0, 0.05) is 12.6 Å². The Balaban J connectivity index is 1.92. The normalized spacial score (nSPS) is 26.4. The molecule has 1 aliphatic carbocycles. The molecule has 1 aromatic carbocycles. The molecule has 2 N–H and O–H groups in total. The smallest absolute Gasteiger partial charge is 0.307 e. The molecule has 0 saturated heterocycles. The molecule has 2 rings (SSSR count). The third kappa shape index (κ3) is 4.07. The standard InChI is InChI=1S/C17H25NO2/c1-12-7-8-16(9-13(12)2)18-11-15-6-4-3-5-14(15)10-17(19)20/h3-6,12-13,16,18H,7-11H2,1-2H3,(H,19,20). The summed E-state index contributed by atoms with van der Waals surface area (Å²) in [6.45, 7) is 5.44. The molecule has 1 aliphatic rings. The topological polar surface area (TPSA) is 49.3 Å². The lowest BCUT2D eigenvalue weighted by Gasteiger charge is -2.32. The monoisotopic (exact) mass is 275 g/mol. The van der Waals surface area contributed by atoms with Crippen LogP contribution in [0.2, 0.25) is 0 Å². The quantitative estimate of drug-likeness (QED) is 0.867. The minimum absolute atomic E-state index is 0.107. The third-order valence-electron chi connectivity index (χ3n) is 4.64. The van der Waals surface area contributed by atoms with Crippen LogP contribution in [0, 0.1) is 11.8 Å². The summed E-state index contributed by atoms with van der Waals surface area (Å²) in [5.74, 6) is 0.834. The van der Waals surface area contributed by atoms with Crippen molar-refractivity contribution in [3.05, 3.63) is 35.4 Å². The lowest BCUT2D eigenvalue weighted by Crippen LogP contribution is -2.36. The summed E-state index contributed by atoms with van der Waals surface area (Å²) < 4.78 is 0. The summed E-state index contributed by atoms with van der Waals surface area (Å²) >= 11 is 0. The van der Waals surface area contributed by atoms with Gasteiger partial charge >= 0.3 is 5.97 Å². The molecule has 20 heavy (non-hydrogen) atoms. The number of hydrogen-bond donors (Lipinski definition) is 2. The van der Waals surface area contributed by atoms with Crippen molar-refractivity contribution < 1.29 is 9.90 Å². The number of rotatable bonds is 5. The summed E-state index contributed by atoms with van der Waals surface area (Å²) in [5.41, 5.74) is 2.03. The van der Waals surface area contributed by atoms with Crippen molar-refractivity contribution in [3.8, 4) is 0 Å². The second-order valence-electron chi connectivity index (χ2n) is 6.18. The molecule has 1 fully saturated rings. The molecule has 0 amide bonds. The Morgan fingerprint density at radius 3 is 2.55 bits per heavy atom. The van der Waals surface area contributed by atoms with Crippen LogP contribution in [0.4, 0.5) is 0 Å². The van der Waals surface area contributed by atoms with E-state index in [1.54, 1.807) is 0 Å². The number of carboxylic acid groups (broad SMARTS) is 1. The first-order valence-electron chi connectivity index (χ1n) is 7.58. The molecule has 0 aromatic heterocycles. The first kappa shape index (κ1) is 15.0. The van der Waals surface area contributed by atoms with Crippen molar-refractivity contribution in [3.63, 3.8) is 0 Å². The fourth-order valence-corrected chi connectivity index (χ4v) is 3.05. The van der Waals surface area contributed by atoms with Crippen LogP contribution in [0.25, 0.3) is 0 Å². The van der Waals surface area contributed by atoms with Crippen molar-refractivity contribution in [1.82, 2.24) is 5.32 Å². The van der Waals surface area contributed by atoms with Crippen molar-refractivity contribution in [2.45, 2.75) is 52.1 Å². The van der Waals surface area contributed by atoms with Crippen LogP contribution < -0.4 is 5.32 Å². The minimum Gasteiger partial charge on any atom is -0.481 e. The third-order valence-corrected chi connectivity index (χ3v) is 4.64. The van der Waals surface area contributed by atoms with Crippen molar-refractivity contribution in [1.29, 1.82) is 0 Å². The van der Waals surface area contributed by atoms with Crippen LogP contribution in [0.5, 0.6) is 0 Å². The van der Waals surface area contributed by atoms with E-state index in [9.17, 15) is 4.79 Å². The minimum atomic E-state index is -0.766. The van der Waals surface area contributed by atoms with Crippen LogP contribution in [-0.4, -0.2) is 17.1 Å². The maximum absolute atomic E-state index is 10.9. The predicted molar refractivity (Wildman–Crippen MR) is 80.6 cm³/mol. The summed E-state index contributed by atoms with van der Waals surface area (Å²) in [7, 11) is 0. The van der Waals surface area contributed by atoms with Gasteiger partial charge in [0.2, 0.25) is 0 Å². The summed E-state index contributed by atoms with van der Waals surface area (Å²) in [5, 5.41) is 12.6.